The fourth-order valence-corrected chi connectivity index (χ4v) is 2.88. The molecule has 2 atom stereocenters. The third kappa shape index (κ3) is 3.96. The van der Waals surface area contributed by atoms with Crippen LogP contribution in [0, 0.1) is 0 Å². The molecular weight excluding hydrogens is 262 g/mol. The second-order valence-corrected chi connectivity index (χ2v) is 5.97. The van der Waals surface area contributed by atoms with E-state index in [0.717, 1.165) is 37.9 Å². The Kier molecular flexibility index (Phi) is 5.59. The van der Waals surface area contributed by atoms with E-state index >= 15 is 0 Å². The topological polar surface area (TPSA) is 45.2 Å². The molecular formula is C17H27N3O. The summed E-state index contributed by atoms with van der Waals surface area (Å²) in [5.41, 5.74) is 1.63. The van der Waals surface area contributed by atoms with E-state index in [1.807, 2.05) is 11.0 Å². The number of hydrogen-bond acceptors (Lipinski definition) is 3. The SMILES string of the molecule is CCC(C)Nc1cncc(C(=O)N2CCCCC2CC)c1. The minimum Gasteiger partial charge on any atom is -0.381 e. The van der Waals surface area contributed by atoms with Crippen LogP contribution in [0.25, 0.3) is 0 Å². The second-order valence-electron chi connectivity index (χ2n) is 5.97. The fourth-order valence-electron chi connectivity index (χ4n) is 2.88. The lowest BCUT2D eigenvalue weighted by molar-refractivity contribution is 0.0607. The summed E-state index contributed by atoms with van der Waals surface area (Å²) in [7, 11) is 0. The predicted octanol–water partition coefficient (Wildman–Crippen LogP) is 3.70. The monoisotopic (exact) mass is 289 g/mol. The van der Waals surface area contributed by atoms with E-state index in [1.165, 1.54) is 6.42 Å². The van der Waals surface area contributed by atoms with Crippen molar-refractivity contribution in [3.05, 3.63) is 24.0 Å². The molecule has 1 aromatic rings. The number of carbonyl (C=O) groups is 1. The van der Waals surface area contributed by atoms with Crippen LogP contribution in [0.4, 0.5) is 5.69 Å². The molecule has 0 radical (unpaired) electrons. The van der Waals surface area contributed by atoms with Crippen LogP contribution in [0.1, 0.15) is 63.2 Å². The van der Waals surface area contributed by atoms with E-state index in [2.05, 4.69) is 31.1 Å². The molecule has 2 heterocycles. The molecule has 4 heteroatoms. The number of aromatic nitrogens is 1. The number of amides is 1. The van der Waals surface area contributed by atoms with Crippen molar-refractivity contribution in [2.75, 3.05) is 11.9 Å². The van der Waals surface area contributed by atoms with E-state index in [0.29, 0.717) is 17.6 Å². The molecule has 4 nitrogen and oxygen atoms in total. The number of anilines is 1. The van der Waals surface area contributed by atoms with Crippen molar-refractivity contribution in [3.8, 4) is 0 Å². The van der Waals surface area contributed by atoms with Crippen molar-refractivity contribution in [1.29, 1.82) is 0 Å². The molecule has 1 aromatic heterocycles. The van der Waals surface area contributed by atoms with Gasteiger partial charge in [0.15, 0.2) is 0 Å². The minimum absolute atomic E-state index is 0.127. The molecule has 0 aliphatic carbocycles. The van der Waals surface area contributed by atoms with E-state index in [1.54, 1.807) is 12.4 Å². The first-order valence-corrected chi connectivity index (χ1v) is 8.18. The van der Waals surface area contributed by atoms with Crippen LogP contribution in [0.15, 0.2) is 18.5 Å². The van der Waals surface area contributed by atoms with E-state index in [9.17, 15) is 4.79 Å². The molecule has 1 amide bonds. The average molecular weight is 289 g/mol. The van der Waals surface area contributed by atoms with Crippen LogP contribution in [-0.4, -0.2) is 34.4 Å². The number of likely N-dealkylation sites (tertiary alicyclic amines) is 1. The number of nitrogens with one attached hydrogen (secondary N) is 1. The normalized spacial score (nSPS) is 20.1. The maximum Gasteiger partial charge on any atom is 0.255 e. The largest absolute Gasteiger partial charge is 0.381 e. The van der Waals surface area contributed by atoms with E-state index in [-0.39, 0.29) is 5.91 Å². The predicted molar refractivity (Wildman–Crippen MR) is 86.6 cm³/mol. The Balaban J connectivity index is 2.13. The van der Waals surface area contributed by atoms with Crippen molar-refractivity contribution in [2.45, 2.75) is 65.0 Å². The summed E-state index contributed by atoms with van der Waals surface area (Å²) in [5, 5.41) is 3.38. The van der Waals surface area contributed by atoms with Gasteiger partial charge in [-0.3, -0.25) is 9.78 Å². The Morgan fingerprint density at radius 1 is 1.43 bits per heavy atom. The third-order valence-electron chi connectivity index (χ3n) is 4.37. The molecule has 1 aliphatic rings. The van der Waals surface area contributed by atoms with Gasteiger partial charge < -0.3 is 10.2 Å². The summed E-state index contributed by atoms with van der Waals surface area (Å²) in [6.07, 6.45) is 9.02. The van der Waals surface area contributed by atoms with Crippen molar-refractivity contribution in [1.82, 2.24) is 9.88 Å². The zero-order valence-electron chi connectivity index (χ0n) is 13.4. The number of pyridine rings is 1. The van der Waals surface area contributed by atoms with Gasteiger partial charge in [-0.15, -0.1) is 0 Å². The van der Waals surface area contributed by atoms with Crippen LogP contribution in [0.5, 0.6) is 0 Å². The Morgan fingerprint density at radius 2 is 2.24 bits per heavy atom. The van der Waals surface area contributed by atoms with Gasteiger partial charge in [0.25, 0.3) is 5.91 Å². The van der Waals surface area contributed by atoms with Gasteiger partial charge in [0.05, 0.1) is 11.3 Å². The van der Waals surface area contributed by atoms with Gasteiger partial charge in [-0.1, -0.05) is 13.8 Å². The summed E-state index contributed by atoms with van der Waals surface area (Å²) >= 11 is 0. The number of carbonyl (C=O) groups excluding carboxylic acids is 1. The quantitative estimate of drug-likeness (QED) is 0.899. The molecule has 0 aromatic carbocycles. The van der Waals surface area contributed by atoms with Gasteiger partial charge in [0, 0.05) is 31.0 Å². The average Bonchev–Trinajstić information content (AvgIpc) is 2.54. The summed E-state index contributed by atoms with van der Waals surface area (Å²) < 4.78 is 0. The minimum atomic E-state index is 0.127. The highest BCUT2D eigenvalue weighted by Crippen LogP contribution is 2.22. The molecule has 1 fully saturated rings. The lowest BCUT2D eigenvalue weighted by atomic mass is 9.99. The van der Waals surface area contributed by atoms with Gasteiger partial charge in [0.2, 0.25) is 0 Å². The molecule has 1 aliphatic heterocycles. The molecule has 21 heavy (non-hydrogen) atoms. The number of hydrogen-bond donors (Lipinski definition) is 1. The smallest absolute Gasteiger partial charge is 0.255 e. The Labute approximate surface area is 127 Å². The van der Waals surface area contributed by atoms with Crippen LogP contribution in [0.2, 0.25) is 0 Å². The molecule has 1 saturated heterocycles. The standard InChI is InChI=1S/C17H27N3O/c1-4-13(3)19-15-10-14(11-18-12-15)17(21)20-9-7-6-8-16(20)5-2/h10-13,16,19H,4-9H2,1-3H3. The lowest BCUT2D eigenvalue weighted by Crippen LogP contribution is -2.43. The highest BCUT2D eigenvalue weighted by Gasteiger charge is 2.26. The van der Waals surface area contributed by atoms with Crippen molar-refractivity contribution < 1.29 is 4.79 Å². The second kappa shape index (κ2) is 7.43. The van der Waals surface area contributed by atoms with Crippen LogP contribution < -0.4 is 5.32 Å². The fraction of sp³-hybridized carbons (Fsp3) is 0.647. The first-order chi connectivity index (χ1) is 10.2. The van der Waals surface area contributed by atoms with Gasteiger partial charge in [-0.2, -0.15) is 0 Å². The number of nitrogens with zero attached hydrogens (tertiary/aromatic N) is 2. The van der Waals surface area contributed by atoms with Crippen molar-refractivity contribution in [2.24, 2.45) is 0 Å². The highest BCUT2D eigenvalue weighted by atomic mass is 16.2. The molecule has 2 unspecified atom stereocenters. The van der Waals surface area contributed by atoms with Crippen LogP contribution in [-0.2, 0) is 0 Å². The summed E-state index contributed by atoms with van der Waals surface area (Å²) in [6, 6.07) is 2.70. The number of piperidine rings is 1. The molecule has 2 rings (SSSR count). The van der Waals surface area contributed by atoms with Gasteiger partial charge in [-0.05, 0) is 45.1 Å². The van der Waals surface area contributed by atoms with Crippen molar-refractivity contribution >= 4 is 11.6 Å². The Bertz CT molecular complexity index is 475. The van der Waals surface area contributed by atoms with Gasteiger partial charge >= 0.3 is 0 Å². The van der Waals surface area contributed by atoms with Gasteiger partial charge in [0.1, 0.15) is 0 Å². The lowest BCUT2D eigenvalue weighted by Gasteiger charge is -2.35. The number of rotatable bonds is 5. The molecule has 1 N–H and O–H groups in total. The Hall–Kier alpha value is -1.58. The molecule has 0 bridgehead atoms. The summed E-state index contributed by atoms with van der Waals surface area (Å²) in [4.78, 5) is 19.0. The zero-order chi connectivity index (χ0) is 15.2. The highest BCUT2D eigenvalue weighted by molar-refractivity contribution is 5.95. The summed E-state index contributed by atoms with van der Waals surface area (Å²) in [6.45, 7) is 7.31. The third-order valence-corrected chi connectivity index (χ3v) is 4.37. The Morgan fingerprint density at radius 3 is 2.95 bits per heavy atom. The van der Waals surface area contributed by atoms with Gasteiger partial charge in [-0.25, -0.2) is 0 Å². The van der Waals surface area contributed by atoms with E-state index < -0.39 is 0 Å². The molecule has 116 valence electrons. The zero-order valence-corrected chi connectivity index (χ0v) is 13.4. The first-order valence-electron chi connectivity index (χ1n) is 8.18. The maximum absolute atomic E-state index is 12.7. The molecule has 0 spiro atoms. The first kappa shape index (κ1) is 15.8. The van der Waals surface area contributed by atoms with Crippen LogP contribution >= 0.6 is 0 Å². The van der Waals surface area contributed by atoms with E-state index in [4.69, 9.17) is 0 Å². The van der Waals surface area contributed by atoms with Crippen LogP contribution in [0.3, 0.4) is 0 Å². The van der Waals surface area contributed by atoms with Crippen molar-refractivity contribution in [3.63, 3.8) is 0 Å². The molecule has 0 saturated carbocycles. The maximum atomic E-state index is 12.7. The summed E-state index contributed by atoms with van der Waals surface area (Å²) in [5.74, 6) is 0.127.